The fourth-order valence-electron chi connectivity index (χ4n) is 4.78. The molecule has 0 aromatic heterocycles. The zero-order valence-electron chi connectivity index (χ0n) is 16.6. The van der Waals surface area contributed by atoms with E-state index in [0.717, 1.165) is 37.7 Å². The Bertz CT molecular complexity index is 979. The Morgan fingerprint density at radius 1 is 1.21 bits per heavy atom. The SMILES string of the molecule is C=C(Cl)C(=O)N1[C@@H](CCCC)CC2=C(Cc3ccccc32)[C@@H]1c1ccc(F)cc1. The zero-order chi connectivity index (χ0) is 20.5. The van der Waals surface area contributed by atoms with E-state index in [4.69, 9.17) is 11.6 Å². The molecule has 2 aliphatic rings. The zero-order valence-corrected chi connectivity index (χ0v) is 17.4. The normalized spacial score (nSPS) is 20.4. The van der Waals surface area contributed by atoms with Gasteiger partial charge in [0.1, 0.15) is 5.82 Å². The molecule has 0 fully saturated rings. The molecule has 1 amide bonds. The Hall–Kier alpha value is -2.39. The summed E-state index contributed by atoms with van der Waals surface area (Å²) >= 11 is 6.11. The van der Waals surface area contributed by atoms with Gasteiger partial charge in [-0.05, 0) is 59.2 Å². The van der Waals surface area contributed by atoms with Gasteiger partial charge in [0.2, 0.25) is 0 Å². The molecule has 4 heteroatoms. The number of carbonyl (C=O) groups is 1. The number of carbonyl (C=O) groups excluding carboxylic acids is 1. The average molecular weight is 410 g/mol. The highest BCUT2D eigenvalue weighted by Crippen LogP contribution is 2.49. The highest BCUT2D eigenvalue weighted by molar-refractivity contribution is 6.41. The second-order valence-electron chi connectivity index (χ2n) is 7.91. The van der Waals surface area contributed by atoms with Crippen molar-refractivity contribution in [2.75, 3.05) is 0 Å². The summed E-state index contributed by atoms with van der Waals surface area (Å²) in [5.41, 5.74) is 6.04. The molecule has 29 heavy (non-hydrogen) atoms. The van der Waals surface area contributed by atoms with Gasteiger partial charge in [-0.25, -0.2) is 4.39 Å². The van der Waals surface area contributed by atoms with Crippen LogP contribution in [0.5, 0.6) is 0 Å². The molecule has 0 spiro atoms. The first-order valence-electron chi connectivity index (χ1n) is 10.2. The Kier molecular flexibility index (Phi) is 5.60. The molecule has 0 bridgehead atoms. The van der Waals surface area contributed by atoms with Crippen molar-refractivity contribution in [3.8, 4) is 0 Å². The van der Waals surface area contributed by atoms with Crippen LogP contribution in [0.15, 0.2) is 65.7 Å². The summed E-state index contributed by atoms with van der Waals surface area (Å²) in [6, 6.07) is 14.7. The van der Waals surface area contributed by atoms with Crippen LogP contribution in [0.2, 0.25) is 0 Å². The van der Waals surface area contributed by atoms with Crippen LogP contribution in [-0.2, 0) is 11.2 Å². The van der Waals surface area contributed by atoms with Crippen molar-refractivity contribution in [1.29, 1.82) is 0 Å². The Morgan fingerprint density at radius 3 is 2.62 bits per heavy atom. The van der Waals surface area contributed by atoms with E-state index in [1.54, 1.807) is 12.1 Å². The number of unbranched alkanes of at least 4 members (excludes halogenated alkanes) is 1. The summed E-state index contributed by atoms with van der Waals surface area (Å²) in [4.78, 5) is 15.1. The Morgan fingerprint density at radius 2 is 1.93 bits per heavy atom. The van der Waals surface area contributed by atoms with Crippen LogP contribution in [0.25, 0.3) is 5.57 Å². The van der Waals surface area contributed by atoms with Crippen LogP contribution in [0.3, 0.4) is 0 Å². The van der Waals surface area contributed by atoms with Gasteiger partial charge in [0.25, 0.3) is 5.91 Å². The van der Waals surface area contributed by atoms with Gasteiger partial charge in [-0.15, -0.1) is 0 Å². The van der Waals surface area contributed by atoms with Gasteiger partial charge in [-0.1, -0.05) is 74.3 Å². The first kappa shape index (κ1) is 19.9. The molecule has 2 aromatic carbocycles. The minimum absolute atomic E-state index is 0.0261. The molecule has 2 nitrogen and oxygen atoms in total. The maximum Gasteiger partial charge on any atom is 0.265 e. The topological polar surface area (TPSA) is 20.3 Å². The maximum absolute atomic E-state index is 13.6. The van der Waals surface area contributed by atoms with Crippen LogP contribution in [0.1, 0.15) is 55.3 Å². The van der Waals surface area contributed by atoms with Crippen molar-refractivity contribution in [2.24, 2.45) is 0 Å². The van der Waals surface area contributed by atoms with E-state index in [-0.39, 0.29) is 28.8 Å². The lowest BCUT2D eigenvalue weighted by Crippen LogP contribution is -2.46. The van der Waals surface area contributed by atoms with Gasteiger partial charge in [-0.3, -0.25) is 4.79 Å². The van der Waals surface area contributed by atoms with Crippen LogP contribution in [0, 0.1) is 5.82 Å². The van der Waals surface area contributed by atoms with Crippen LogP contribution in [-0.4, -0.2) is 16.8 Å². The molecule has 0 radical (unpaired) electrons. The Balaban J connectivity index is 1.87. The van der Waals surface area contributed by atoms with Gasteiger partial charge < -0.3 is 4.90 Å². The van der Waals surface area contributed by atoms with Gasteiger partial charge in [0, 0.05) is 6.04 Å². The van der Waals surface area contributed by atoms with E-state index in [1.807, 2.05) is 4.90 Å². The number of fused-ring (bicyclic) bond motifs is 2. The molecule has 1 aliphatic heterocycles. The van der Waals surface area contributed by atoms with E-state index >= 15 is 0 Å². The summed E-state index contributed by atoms with van der Waals surface area (Å²) in [7, 11) is 0. The Labute approximate surface area is 176 Å². The lowest BCUT2D eigenvalue weighted by molar-refractivity contribution is -0.131. The van der Waals surface area contributed by atoms with Gasteiger partial charge in [-0.2, -0.15) is 0 Å². The third kappa shape index (κ3) is 3.64. The second kappa shape index (κ2) is 8.16. The number of hydrogen-bond donors (Lipinski definition) is 0. The standard InChI is InChI=1S/C25H25ClFNO/c1-3-4-8-20-15-22-21-9-6-5-7-18(21)14-23(22)24(28(20)25(29)16(2)26)17-10-12-19(27)13-11-17/h5-7,9-13,20,24H,2-4,8,14-15H2,1H3/t20-,24-/m0/s1. The number of hydrogen-bond acceptors (Lipinski definition) is 1. The molecule has 2 aromatic rings. The van der Waals surface area contributed by atoms with Crippen molar-refractivity contribution in [3.63, 3.8) is 0 Å². The van der Waals surface area contributed by atoms with Crippen molar-refractivity contribution in [1.82, 2.24) is 4.90 Å². The number of amides is 1. The molecular weight excluding hydrogens is 385 g/mol. The molecule has 0 unspecified atom stereocenters. The predicted octanol–water partition coefficient (Wildman–Crippen LogP) is 6.42. The monoisotopic (exact) mass is 409 g/mol. The lowest BCUT2D eigenvalue weighted by atomic mass is 9.83. The van der Waals surface area contributed by atoms with Gasteiger partial charge >= 0.3 is 0 Å². The molecule has 0 saturated heterocycles. The fraction of sp³-hybridized carbons (Fsp3) is 0.320. The van der Waals surface area contributed by atoms with Crippen LogP contribution >= 0.6 is 11.6 Å². The fourth-order valence-corrected chi connectivity index (χ4v) is 4.88. The van der Waals surface area contributed by atoms with Gasteiger partial charge in [0.15, 0.2) is 0 Å². The number of rotatable bonds is 5. The van der Waals surface area contributed by atoms with Crippen molar-refractivity contribution >= 4 is 23.1 Å². The number of halogens is 2. The van der Waals surface area contributed by atoms with Crippen molar-refractivity contribution in [3.05, 3.63) is 88.2 Å². The summed E-state index contributed by atoms with van der Waals surface area (Å²) in [6.07, 6.45) is 4.61. The number of nitrogens with zero attached hydrogens (tertiary/aromatic N) is 1. The van der Waals surface area contributed by atoms with Gasteiger partial charge in [0.05, 0.1) is 11.1 Å². The molecule has 4 rings (SSSR count). The lowest BCUT2D eigenvalue weighted by Gasteiger charge is -2.44. The van der Waals surface area contributed by atoms with Crippen molar-refractivity contribution in [2.45, 2.75) is 51.1 Å². The average Bonchev–Trinajstić information content (AvgIpc) is 3.09. The first-order chi connectivity index (χ1) is 14.0. The molecular formula is C25H25ClFNO. The first-order valence-corrected chi connectivity index (χ1v) is 10.6. The smallest absolute Gasteiger partial charge is 0.265 e. The highest BCUT2D eigenvalue weighted by atomic mass is 35.5. The minimum Gasteiger partial charge on any atom is -0.324 e. The summed E-state index contributed by atoms with van der Waals surface area (Å²) in [5, 5.41) is 0.0261. The minimum atomic E-state index is -0.282. The molecule has 1 heterocycles. The van der Waals surface area contributed by atoms with E-state index in [9.17, 15) is 9.18 Å². The quantitative estimate of drug-likeness (QED) is 0.521. The third-order valence-electron chi connectivity index (χ3n) is 6.10. The van der Waals surface area contributed by atoms with E-state index in [2.05, 4.69) is 37.8 Å². The molecule has 150 valence electrons. The van der Waals surface area contributed by atoms with Crippen LogP contribution < -0.4 is 0 Å². The third-order valence-corrected chi connectivity index (χ3v) is 6.26. The van der Waals surface area contributed by atoms with E-state index in [0.29, 0.717) is 0 Å². The van der Waals surface area contributed by atoms with E-state index < -0.39 is 0 Å². The molecule has 0 N–H and O–H groups in total. The highest BCUT2D eigenvalue weighted by Gasteiger charge is 2.42. The molecule has 2 atom stereocenters. The number of benzene rings is 2. The summed E-state index contributed by atoms with van der Waals surface area (Å²) < 4.78 is 13.6. The summed E-state index contributed by atoms with van der Waals surface area (Å²) in [5.74, 6) is -0.514. The molecule has 0 saturated carbocycles. The van der Waals surface area contributed by atoms with E-state index in [1.165, 1.54) is 34.4 Å². The summed E-state index contributed by atoms with van der Waals surface area (Å²) in [6.45, 7) is 5.87. The molecule has 1 aliphatic carbocycles. The largest absolute Gasteiger partial charge is 0.324 e. The second-order valence-corrected chi connectivity index (χ2v) is 8.37. The van der Waals surface area contributed by atoms with Crippen LogP contribution in [0.4, 0.5) is 4.39 Å². The maximum atomic E-state index is 13.6. The predicted molar refractivity (Wildman–Crippen MR) is 116 cm³/mol. The van der Waals surface area contributed by atoms with Crippen molar-refractivity contribution < 1.29 is 9.18 Å².